The van der Waals surface area contributed by atoms with Crippen LogP contribution >= 0.6 is 0 Å². The second-order valence-electron chi connectivity index (χ2n) is 4.64. The molecule has 96 valence electrons. The Hall–Kier alpha value is -1.12. The van der Waals surface area contributed by atoms with Crippen LogP contribution in [-0.4, -0.2) is 49.2 Å². The Bertz CT molecular complexity index is 278. The fourth-order valence-electron chi connectivity index (χ4n) is 1.85. The lowest BCUT2D eigenvalue weighted by molar-refractivity contribution is -0.128. The number of nitriles is 1. The molecular weight excluding hydrogens is 218 g/mol. The highest BCUT2D eigenvalue weighted by Crippen LogP contribution is 2.09. The first-order valence-corrected chi connectivity index (χ1v) is 6.12. The molecule has 5 heteroatoms. The van der Waals surface area contributed by atoms with Gasteiger partial charge in [0, 0.05) is 19.1 Å². The van der Waals surface area contributed by atoms with Crippen LogP contribution in [0.2, 0.25) is 0 Å². The maximum atomic E-state index is 11.5. The van der Waals surface area contributed by atoms with Gasteiger partial charge in [0.1, 0.15) is 6.61 Å². The second-order valence-corrected chi connectivity index (χ2v) is 4.64. The molecule has 0 unspecified atom stereocenters. The van der Waals surface area contributed by atoms with Crippen LogP contribution in [0.1, 0.15) is 26.7 Å². The molecule has 0 bridgehead atoms. The predicted octanol–water partition coefficient (Wildman–Crippen LogP) is 0.516. The number of carbonyl (C=O) groups is 1. The molecule has 0 saturated carbocycles. The summed E-state index contributed by atoms with van der Waals surface area (Å²) in [6.45, 7) is 6.20. The van der Waals surface area contributed by atoms with Crippen LogP contribution in [-0.2, 0) is 9.53 Å². The normalized spacial score (nSPS) is 18.0. The number of likely N-dealkylation sites (tertiary alicyclic amines) is 1. The quantitative estimate of drug-likeness (QED) is 0.710. The van der Waals surface area contributed by atoms with E-state index < -0.39 is 0 Å². The Kier molecular flexibility index (Phi) is 5.95. The summed E-state index contributed by atoms with van der Waals surface area (Å²) in [7, 11) is 0. The third-order valence-corrected chi connectivity index (χ3v) is 2.79. The van der Waals surface area contributed by atoms with Gasteiger partial charge in [0.15, 0.2) is 0 Å². The van der Waals surface area contributed by atoms with E-state index >= 15 is 0 Å². The lowest BCUT2D eigenvalue weighted by atomic mass is 10.1. The monoisotopic (exact) mass is 239 g/mol. The molecule has 1 aliphatic heterocycles. The zero-order valence-corrected chi connectivity index (χ0v) is 10.6. The summed E-state index contributed by atoms with van der Waals surface area (Å²) in [4.78, 5) is 13.6. The number of rotatable bonds is 5. The summed E-state index contributed by atoms with van der Waals surface area (Å²) in [5.41, 5.74) is 0. The van der Waals surface area contributed by atoms with Crippen molar-refractivity contribution in [2.24, 2.45) is 0 Å². The average molecular weight is 239 g/mol. The predicted molar refractivity (Wildman–Crippen MR) is 64.3 cm³/mol. The third-order valence-electron chi connectivity index (χ3n) is 2.79. The number of nitrogens with one attached hydrogen (secondary N) is 1. The number of nitrogens with zero attached hydrogens (tertiary/aromatic N) is 2. The van der Waals surface area contributed by atoms with Crippen LogP contribution in [0.4, 0.5) is 0 Å². The summed E-state index contributed by atoms with van der Waals surface area (Å²) in [6.07, 6.45) is 1.91. The van der Waals surface area contributed by atoms with Crippen molar-refractivity contribution < 1.29 is 9.53 Å². The maximum absolute atomic E-state index is 11.5. The van der Waals surface area contributed by atoms with E-state index in [1.54, 1.807) is 0 Å². The van der Waals surface area contributed by atoms with E-state index in [0.717, 1.165) is 25.9 Å². The third kappa shape index (κ3) is 5.66. The first kappa shape index (κ1) is 13.9. The summed E-state index contributed by atoms with van der Waals surface area (Å²) >= 11 is 0. The van der Waals surface area contributed by atoms with Crippen molar-refractivity contribution in [1.29, 1.82) is 5.26 Å². The van der Waals surface area contributed by atoms with E-state index in [-0.39, 0.29) is 24.7 Å². The number of piperidine rings is 1. The van der Waals surface area contributed by atoms with Gasteiger partial charge in [0.05, 0.1) is 18.7 Å². The van der Waals surface area contributed by atoms with E-state index in [1.807, 2.05) is 13.8 Å². The van der Waals surface area contributed by atoms with Crippen molar-refractivity contribution in [3.05, 3.63) is 0 Å². The molecule has 0 aliphatic carbocycles. The maximum Gasteiger partial charge on any atom is 0.246 e. The van der Waals surface area contributed by atoms with Crippen molar-refractivity contribution in [1.82, 2.24) is 10.2 Å². The van der Waals surface area contributed by atoms with E-state index in [4.69, 9.17) is 10.00 Å². The minimum Gasteiger partial charge on any atom is -0.369 e. The Morgan fingerprint density at radius 2 is 2.18 bits per heavy atom. The molecule has 0 aromatic carbocycles. The van der Waals surface area contributed by atoms with Gasteiger partial charge < -0.3 is 10.1 Å². The molecular formula is C12H21N3O2. The summed E-state index contributed by atoms with van der Waals surface area (Å²) < 4.78 is 5.24. The summed E-state index contributed by atoms with van der Waals surface area (Å²) in [5.74, 6) is -0.0440. The Labute approximate surface area is 103 Å². The molecule has 1 amide bonds. The molecule has 0 aromatic rings. The van der Waals surface area contributed by atoms with Crippen molar-refractivity contribution >= 4 is 5.91 Å². The smallest absolute Gasteiger partial charge is 0.246 e. The molecule has 1 N–H and O–H groups in total. The Morgan fingerprint density at radius 1 is 1.53 bits per heavy atom. The molecule has 17 heavy (non-hydrogen) atoms. The molecule has 5 nitrogen and oxygen atoms in total. The fraction of sp³-hybridized carbons (Fsp3) is 0.833. The van der Waals surface area contributed by atoms with E-state index in [9.17, 15) is 4.79 Å². The Balaban J connectivity index is 2.17. The Morgan fingerprint density at radius 3 is 2.71 bits per heavy atom. The van der Waals surface area contributed by atoms with Crippen molar-refractivity contribution in [3.63, 3.8) is 0 Å². The van der Waals surface area contributed by atoms with Crippen LogP contribution in [0.3, 0.4) is 0 Å². The largest absolute Gasteiger partial charge is 0.369 e. The van der Waals surface area contributed by atoms with Crippen molar-refractivity contribution in [3.8, 4) is 6.07 Å². The van der Waals surface area contributed by atoms with Crippen LogP contribution in [0.5, 0.6) is 0 Å². The number of hydrogen-bond acceptors (Lipinski definition) is 4. The number of carbonyl (C=O) groups excluding carboxylic acids is 1. The molecule has 0 atom stereocenters. The van der Waals surface area contributed by atoms with Gasteiger partial charge in [-0.1, -0.05) is 0 Å². The number of hydrogen-bond donors (Lipinski definition) is 1. The topological polar surface area (TPSA) is 65.4 Å². The summed E-state index contributed by atoms with van der Waals surface area (Å²) in [6, 6.07) is 2.37. The van der Waals surface area contributed by atoms with Gasteiger partial charge >= 0.3 is 0 Å². The average Bonchev–Trinajstić information content (AvgIpc) is 2.29. The summed E-state index contributed by atoms with van der Waals surface area (Å²) in [5, 5.41) is 11.5. The highest BCUT2D eigenvalue weighted by Gasteiger charge is 2.20. The van der Waals surface area contributed by atoms with Crippen LogP contribution in [0.15, 0.2) is 0 Å². The van der Waals surface area contributed by atoms with Crippen molar-refractivity contribution in [2.45, 2.75) is 38.8 Å². The second kappa shape index (κ2) is 7.25. The number of amides is 1. The van der Waals surface area contributed by atoms with Gasteiger partial charge in [-0.05, 0) is 26.7 Å². The SMILES string of the molecule is CC(C)OCC(=O)NC1CCN(CC#N)CC1. The zero-order chi connectivity index (χ0) is 12.7. The lowest BCUT2D eigenvalue weighted by Crippen LogP contribution is -2.45. The van der Waals surface area contributed by atoms with Gasteiger partial charge in [-0.25, -0.2) is 0 Å². The molecule has 1 rings (SSSR count). The zero-order valence-electron chi connectivity index (χ0n) is 10.6. The molecule has 0 spiro atoms. The molecule has 0 radical (unpaired) electrons. The number of ether oxygens (including phenoxy) is 1. The lowest BCUT2D eigenvalue weighted by Gasteiger charge is -2.30. The first-order chi connectivity index (χ1) is 8.11. The van der Waals surface area contributed by atoms with Gasteiger partial charge in [-0.2, -0.15) is 5.26 Å². The molecule has 1 fully saturated rings. The molecule has 0 aromatic heterocycles. The van der Waals surface area contributed by atoms with Gasteiger partial charge in [-0.3, -0.25) is 9.69 Å². The highest BCUT2D eigenvalue weighted by atomic mass is 16.5. The van der Waals surface area contributed by atoms with Crippen LogP contribution < -0.4 is 5.32 Å². The molecule has 1 aliphatic rings. The van der Waals surface area contributed by atoms with E-state index in [2.05, 4.69) is 16.3 Å². The standard InChI is InChI=1S/C12H21N3O2/c1-10(2)17-9-12(16)14-11-3-6-15(7-4-11)8-5-13/h10-11H,3-4,6-9H2,1-2H3,(H,14,16). The minimum absolute atomic E-state index is 0.0440. The van der Waals surface area contributed by atoms with E-state index in [1.165, 1.54) is 0 Å². The molecule has 1 saturated heterocycles. The fourth-order valence-corrected chi connectivity index (χ4v) is 1.85. The van der Waals surface area contributed by atoms with Gasteiger partial charge in [0.25, 0.3) is 0 Å². The van der Waals surface area contributed by atoms with Gasteiger partial charge in [0.2, 0.25) is 5.91 Å². The highest BCUT2D eigenvalue weighted by molar-refractivity contribution is 5.77. The van der Waals surface area contributed by atoms with E-state index in [0.29, 0.717) is 6.54 Å². The minimum atomic E-state index is -0.0440. The molecule has 1 heterocycles. The van der Waals surface area contributed by atoms with Crippen LogP contribution in [0, 0.1) is 11.3 Å². The van der Waals surface area contributed by atoms with Crippen LogP contribution in [0.25, 0.3) is 0 Å². The van der Waals surface area contributed by atoms with Crippen molar-refractivity contribution in [2.75, 3.05) is 26.2 Å². The van der Waals surface area contributed by atoms with Gasteiger partial charge in [-0.15, -0.1) is 0 Å². The first-order valence-electron chi connectivity index (χ1n) is 6.12.